The fraction of sp³-hybridized carbons (Fsp3) is 0.714. The van der Waals surface area contributed by atoms with Gasteiger partial charge < -0.3 is 10.1 Å². The number of sulfonamides is 1. The van der Waals surface area contributed by atoms with E-state index in [9.17, 15) is 8.42 Å². The molecule has 2 unspecified atom stereocenters. The quantitative estimate of drug-likeness (QED) is 0.835. The highest BCUT2D eigenvalue weighted by Crippen LogP contribution is 2.24. The van der Waals surface area contributed by atoms with E-state index in [0.717, 1.165) is 24.3 Å². The second-order valence-corrected chi connectivity index (χ2v) is 8.64. The molecule has 21 heavy (non-hydrogen) atoms. The zero-order valence-corrected chi connectivity index (χ0v) is 13.8. The van der Waals surface area contributed by atoms with Crippen LogP contribution >= 0.6 is 11.3 Å². The van der Waals surface area contributed by atoms with E-state index in [1.807, 2.05) is 6.92 Å². The van der Waals surface area contributed by atoms with Crippen LogP contribution in [0, 0.1) is 0 Å². The summed E-state index contributed by atoms with van der Waals surface area (Å²) in [5.41, 5.74) is 0. The van der Waals surface area contributed by atoms with Crippen LogP contribution in [0.3, 0.4) is 0 Å². The lowest BCUT2D eigenvalue weighted by Gasteiger charge is -2.27. The van der Waals surface area contributed by atoms with Crippen LogP contribution < -0.4 is 10.0 Å². The molecular weight excluding hydrogens is 308 g/mol. The lowest BCUT2D eigenvalue weighted by atomic mass is 10.1. The average Bonchev–Trinajstić information content (AvgIpc) is 3.12. The van der Waals surface area contributed by atoms with Gasteiger partial charge in [-0.2, -0.15) is 0 Å². The molecule has 1 saturated carbocycles. The van der Waals surface area contributed by atoms with Crippen LogP contribution in [0.1, 0.15) is 37.5 Å². The lowest BCUT2D eigenvalue weighted by molar-refractivity contribution is 0.0173. The van der Waals surface area contributed by atoms with E-state index in [1.54, 1.807) is 11.4 Å². The summed E-state index contributed by atoms with van der Waals surface area (Å²) in [5, 5.41) is 5.13. The van der Waals surface area contributed by atoms with Crippen LogP contribution in [-0.4, -0.2) is 33.2 Å². The molecule has 2 aliphatic rings. The fourth-order valence-electron chi connectivity index (χ4n) is 2.52. The smallest absolute Gasteiger partial charge is 0.241 e. The maximum atomic E-state index is 12.4. The second kappa shape index (κ2) is 6.34. The number of hydrogen-bond acceptors (Lipinski definition) is 5. The van der Waals surface area contributed by atoms with Gasteiger partial charge in [-0.25, -0.2) is 13.1 Å². The predicted molar refractivity (Wildman–Crippen MR) is 82.9 cm³/mol. The van der Waals surface area contributed by atoms with E-state index in [0.29, 0.717) is 17.5 Å². The first kappa shape index (κ1) is 15.4. The largest absolute Gasteiger partial charge is 0.378 e. The van der Waals surface area contributed by atoms with Crippen molar-refractivity contribution in [2.24, 2.45) is 0 Å². The van der Waals surface area contributed by atoms with Crippen molar-refractivity contribution in [2.75, 3.05) is 6.61 Å². The molecule has 118 valence electrons. The first-order valence-electron chi connectivity index (χ1n) is 7.47. The van der Waals surface area contributed by atoms with E-state index in [4.69, 9.17) is 4.74 Å². The molecule has 2 atom stereocenters. The van der Waals surface area contributed by atoms with Crippen molar-refractivity contribution < 1.29 is 13.2 Å². The van der Waals surface area contributed by atoms with E-state index in [1.165, 1.54) is 24.2 Å². The number of ether oxygens (including phenoxy) is 1. The molecule has 2 N–H and O–H groups in total. The summed E-state index contributed by atoms with van der Waals surface area (Å²) in [6.07, 6.45) is 4.07. The Kier molecular flexibility index (Phi) is 4.66. The first-order chi connectivity index (χ1) is 10.0. The molecule has 2 heterocycles. The summed E-state index contributed by atoms with van der Waals surface area (Å²) < 4.78 is 33.1. The van der Waals surface area contributed by atoms with Gasteiger partial charge in [0.05, 0.1) is 11.0 Å². The van der Waals surface area contributed by atoms with Crippen molar-refractivity contribution in [1.29, 1.82) is 0 Å². The van der Waals surface area contributed by atoms with Crippen LogP contribution in [0.25, 0.3) is 0 Å². The second-order valence-electron chi connectivity index (χ2n) is 5.93. The number of thiophene rings is 1. The van der Waals surface area contributed by atoms with E-state index >= 15 is 0 Å². The third-order valence-corrected chi connectivity index (χ3v) is 6.48. The van der Waals surface area contributed by atoms with Gasteiger partial charge >= 0.3 is 0 Å². The Hall–Kier alpha value is -0.470. The highest BCUT2D eigenvalue weighted by atomic mass is 32.2. The Bertz CT molecular complexity index is 581. The van der Waals surface area contributed by atoms with Crippen molar-refractivity contribution in [3.05, 3.63) is 16.3 Å². The molecule has 1 aliphatic carbocycles. The molecule has 0 radical (unpaired) electrons. The monoisotopic (exact) mass is 330 g/mol. The van der Waals surface area contributed by atoms with Gasteiger partial charge in [-0.15, -0.1) is 11.3 Å². The number of rotatable bonds is 6. The Morgan fingerprint density at radius 2 is 2.14 bits per heavy atom. The van der Waals surface area contributed by atoms with Crippen LogP contribution in [0.4, 0.5) is 0 Å². The van der Waals surface area contributed by atoms with E-state index in [2.05, 4.69) is 10.0 Å². The Morgan fingerprint density at radius 3 is 2.86 bits per heavy atom. The van der Waals surface area contributed by atoms with Gasteiger partial charge in [0.25, 0.3) is 0 Å². The summed E-state index contributed by atoms with van der Waals surface area (Å²) >= 11 is 1.50. The SMILES string of the molecule is CC1CC(NS(=O)(=O)c2csc(CNC3CC3)c2)CCO1. The highest BCUT2D eigenvalue weighted by Gasteiger charge is 2.26. The van der Waals surface area contributed by atoms with Gasteiger partial charge in [-0.1, -0.05) is 0 Å². The van der Waals surface area contributed by atoms with Gasteiger partial charge in [0.15, 0.2) is 0 Å². The molecule has 2 fully saturated rings. The minimum Gasteiger partial charge on any atom is -0.378 e. The molecule has 5 nitrogen and oxygen atoms in total. The van der Waals surface area contributed by atoms with Crippen LogP contribution in [0.15, 0.2) is 16.3 Å². The first-order valence-corrected chi connectivity index (χ1v) is 9.84. The van der Waals surface area contributed by atoms with Gasteiger partial charge in [0.2, 0.25) is 10.0 Å². The van der Waals surface area contributed by atoms with Crippen molar-refractivity contribution in [2.45, 2.75) is 62.2 Å². The third-order valence-electron chi connectivity index (χ3n) is 3.89. The minimum absolute atomic E-state index is 0.0216. The molecule has 0 spiro atoms. The molecule has 0 aromatic carbocycles. The molecule has 1 aromatic rings. The molecule has 1 saturated heterocycles. The number of nitrogens with one attached hydrogen (secondary N) is 2. The van der Waals surface area contributed by atoms with Crippen molar-refractivity contribution in [3.8, 4) is 0 Å². The zero-order valence-electron chi connectivity index (χ0n) is 12.2. The van der Waals surface area contributed by atoms with Crippen LogP contribution in [-0.2, 0) is 21.3 Å². The molecule has 3 rings (SSSR count). The summed E-state index contributed by atoms with van der Waals surface area (Å²) in [7, 11) is -3.41. The maximum Gasteiger partial charge on any atom is 0.241 e. The van der Waals surface area contributed by atoms with Gasteiger partial charge in [0.1, 0.15) is 0 Å². The van der Waals surface area contributed by atoms with Gasteiger partial charge in [-0.05, 0) is 38.7 Å². The average molecular weight is 330 g/mol. The summed E-state index contributed by atoms with van der Waals surface area (Å²) in [4.78, 5) is 1.46. The standard InChI is InChI=1S/C14H22N2O3S2/c1-10-6-12(4-5-19-10)16-21(17,18)14-7-13(20-9-14)8-15-11-2-3-11/h7,9-12,15-16H,2-6,8H2,1H3. The van der Waals surface area contributed by atoms with Crippen molar-refractivity contribution in [3.63, 3.8) is 0 Å². The third kappa shape index (κ3) is 4.26. The topological polar surface area (TPSA) is 67.4 Å². The summed E-state index contributed by atoms with van der Waals surface area (Å²) in [6, 6.07) is 2.39. The minimum atomic E-state index is -3.41. The summed E-state index contributed by atoms with van der Waals surface area (Å²) in [6.45, 7) is 3.36. The zero-order chi connectivity index (χ0) is 14.9. The highest BCUT2D eigenvalue weighted by molar-refractivity contribution is 7.89. The summed E-state index contributed by atoms with van der Waals surface area (Å²) in [5.74, 6) is 0. The Balaban J connectivity index is 1.60. The molecule has 1 aliphatic heterocycles. The predicted octanol–water partition coefficient (Wildman–Crippen LogP) is 1.85. The van der Waals surface area contributed by atoms with Crippen LogP contribution in [0.2, 0.25) is 0 Å². The van der Waals surface area contributed by atoms with Crippen molar-refractivity contribution in [1.82, 2.24) is 10.0 Å². The van der Waals surface area contributed by atoms with E-state index in [-0.39, 0.29) is 12.1 Å². The normalized spacial score (nSPS) is 26.9. The van der Waals surface area contributed by atoms with Gasteiger partial charge in [0, 0.05) is 35.5 Å². The molecular formula is C14H22N2O3S2. The Morgan fingerprint density at radius 1 is 1.33 bits per heavy atom. The molecule has 0 amide bonds. The molecule has 0 bridgehead atoms. The molecule has 7 heteroatoms. The Labute approximate surface area is 130 Å². The van der Waals surface area contributed by atoms with Crippen molar-refractivity contribution >= 4 is 21.4 Å². The number of hydrogen-bond donors (Lipinski definition) is 2. The fourth-order valence-corrected chi connectivity index (χ4v) is 5.03. The van der Waals surface area contributed by atoms with Crippen LogP contribution in [0.5, 0.6) is 0 Å². The molecule has 1 aromatic heterocycles. The van der Waals surface area contributed by atoms with Gasteiger partial charge in [-0.3, -0.25) is 0 Å². The lowest BCUT2D eigenvalue weighted by Crippen LogP contribution is -2.41. The van der Waals surface area contributed by atoms with E-state index < -0.39 is 10.0 Å². The maximum absolute atomic E-state index is 12.4.